The summed E-state index contributed by atoms with van der Waals surface area (Å²) in [4.78, 5) is 0. The monoisotopic (exact) mass is 150 g/mol. The van der Waals surface area contributed by atoms with Crippen LogP contribution in [0.3, 0.4) is 0 Å². The van der Waals surface area contributed by atoms with Crippen LogP contribution in [0, 0.1) is 5.92 Å². The maximum Gasteiger partial charge on any atom is 0.108 e. The normalized spacial score (nSPS) is 34.5. The molecule has 0 saturated heterocycles. The van der Waals surface area contributed by atoms with Crippen LogP contribution < -0.4 is 0 Å². The second kappa shape index (κ2) is 2.72. The standard InChI is InChI=1S/C10H14O/c1-2-8-3-4-9-5-6-11-10(9)7-8/h3,5-6,9-10H,2,4,7H2,1H3. The Morgan fingerprint density at radius 1 is 1.64 bits per heavy atom. The van der Waals surface area contributed by atoms with Gasteiger partial charge in [0.15, 0.2) is 0 Å². The summed E-state index contributed by atoms with van der Waals surface area (Å²) in [7, 11) is 0. The molecular weight excluding hydrogens is 136 g/mol. The van der Waals surface area contributed by atoms with E-state index >= 15 is 0 Å². The van der Waals surface area contributed by atoms with E-state index in [1.807, 2.05) is 6.26 Å². The highest BCUT2D eigenvalue weighted by Crippen LogP contribution is 2.32. The van der Waals surface area contributed by atoms with Crippen LogP contribution in [0.25, 0.3) is 0 Å². The third-order valence-electron chi connectivity index (χ3n) is 2.65. The topological polar surface area (TPSA) is 9.23 Å². The molecule has 0 bridgehead atoms. The summed E-state index contributed by atoms with van der Waals surface area (Å²) in [6.45, 7) is 2.22. The predicted molar refractivity (Wildman–Crippen MR) is 45.1 cm³/mol. The van der Waals surface area contributed by atoms with E-state index in [-0.39, 0.29) is 0 Å². The Morgan fingerprint density at radius 2 is 2.55 bits per heavy atom. The highest BCUT2D eigenvalue weighted by Gasteiger charge is 2.27. The average Bonchev–Trinajstić information content (AvgIpc) is 2.50. The van der Waals surface area contributed by atoms with E-state index < -0.39 is 0 Å². The van der Waals surface area contributed by atoms with Crippen LogP contribution in [0.1, 0.15) is 26.2 Å². The zero-order chi connectivity index (χ0) is 7.68. The number of ether oxygens (including phenoxy) is 1. The molecule has 0 aromatic carbocycles. The van der Waals surface area contributed by atoms with Crippen LogP contribution in [0.15, 0.2) is 24.0 Å². The third kappa shape index (κ3) is 1.20. The molecule has 1 aliphatic carbocycles. The number of fused-ring (bicyclic) bond motifs is 1. The van der Waals surface area contributed by atoms with E-state index in [4.69, 9.17) is 4.74 Å². The predicted octanol–water partition coefficient (Wildman–Crippen LogP) is 2.65. The van der Waals surface area contributed by atoms with Gasteiger partial charge in [-0.1, -0.05) is 18.6 Å². The summed E-state index contributed by atoms with van der Waals surface area (Å²) in [5.74, 6) is 0.672. The van der Waals surface area contributed by atoms with Crippen molar-refractivity contribution in [1.82, 2.24) is 0 Å². The second-order valence-electron chi connectivity index (χ2n) is 3.32. The largest absolute Gasteiger partial charge is 0.497 e. The highest BCUT2D eigenvalue weighted by molar-refractivity contribution is 5.14. The van der Waals surface area contributed by atoms with Gasteiger partial charge < -0.3 is 4.74 Å². The first-order valence-electron chi connectivity index (χ1n) is 4.40. The van der Waals surface area contributed by atoms with Gasteiger partial charge in [-0.15, -0.1) is 0 Å². The van der Waals surface area contributed by atoms with Crippen molar-refractivity contribution in [1.29, 1.82) is 0 Å². The molecule has 2 atom stereocenters. The summed E-state index contributed by atoms with van der Waals surface area (Å²) < 4.78 is 5.47. The van der Waals surface area contributed by atoms with Crippen molar-refractivity contribution in [3.8, 4) is 0 Å². The molecule has 0 saturated carbocycles. The number of hydrogen-bond acceptors (Lipinski definition) is 1. The van der Waals surface area contributed by atoms with Gasteiger partial charge in [0.05, 0.1) is 6.26 Å². The Kier molecular flexibility index (Phi) is 1.72. The lowest BCUT2D eigenvalue weighted by atomic mass is 9.87. The lowest BCUT2D eigenvalue weighted by molar-refractivity contribution is 0.129. The molecule has 2 rings (SSSR count). The Bertz CT molecular complexity index is 203. The molecule has 2 aliphatic rings. The lowest BCUT2D eigenvalue weighted by Gasteiger charge is -2.23. The minimum atomic E-state index is 0.468. The van der Waals surface area contributed by atoms with Gasteiger partial charge in [0.2, 0.25) is 0 Å². The number of allylic oxidation sites excluding steroid dienone is 1. The van der Waals surface area contributed by atoms with Crippen molar-refractivity contribution < 1.29 is 4.74 Å². The SMILES string of the molecule is CCC1=CCC2C=COC2C1. The fourth-order valence-electron chi connectivity index (χ4n) is 1.84. The van der Waals surface area contributed by atoms with Gasteiger partial charge in [-0.05, 0) is 18.9 Å². The first-order valence-corrected chi connectivity index (χ1v) is 4.40. The Labute approximate surface area is 67.7 Å². The lowest BCUT2D eigenvalue weighted by Crippen LogP contribution is -2.20. The summed E-state index contributed by atoms with van der Waals surface area (Å²) in [5.41, 5.74) is 1.56. The molecular formula is C10H14O. The van der Waals surface area contributed by atoms with Crippen molar-refractivity contribution in [2.45, 2.75) is 32.3 Å². The number of rotatable bonds is 1. The summed E-state index contributed by atoms with van der Waals surface area (Å²) in [6, 6.07) is 0. The van der Waals surface area contributed by atoms with Gasteiger partial charge in [0.25, 0.3) is 0 Å². The van der Waals surface area contributed by atoms with Gasteiger partial charge in [-0.3, -0.25) is 0 Å². The molecule has 0 aromatic heterocycles. The van der Waals surface area contributed by atoms with Crippen molar-refractivity contribution in [2.24, 2.45) is 5.92 Å². The zero-order valence-corrected chi connectivity index (χ0v) is 6.92. The van der Waals surface area contributed by atoms with Crippen LogP contribution in [0.5, 0.6) is 0 Å². The zero-order valence-electron chi connectivity index (χ0n) is 6.92. The molecule has 0 spiro atoms. The van der Waals surface area contributed by atoms with Crippen LogP contribution in [0.2, 0.25) is 0 Å². The quantitative estimate of drug-likeness (QED) is 0.522. The minimum Gasteiger partial charge on any atom is -0.497 e. The molecule has 0 N–H and O–H groups in total. The Hall–Kier alpha value is -0.720. The Balaban J connectivity index is 2.06. The second-order valence-corrected chi connectivity index (χ2v) is 3.32. The molecule has 0 radical (unpaired) electrons. The smallest absolute Gasteiger partial charge is 0.108 e. The maximum absolute atomic E-state index is 5.47. The number of hydrogen-bond donors (Lipinski definition) is 0. The maximum atomic E-state index is 5.47. The van der Waals surface area contributed by atoms with E-state index in [1.165, 1.54) is 12.8 Å². The molecule has 1 nitrogen and oxygen atoms in total. The molecule has 2 unspecified atom stereocenters. The fraction of sp³-hybridized carbons (Fsp3) is 0.600. The van der Waals surface area contributed by atoms with Crippen molar-refractivity contribution in [3.63, 3.8) is 0 Å². The van der Waals surface area contributed by atoms with Gasteiger partial charge in [-0.2, -0.15) is 0 Å². The Morgan fingerprint density at radius 3 is 3.36 bits per heavy atom. The molecule has 0 fully saturated rings. The average molecular weight is 150 g/mol. The highest BCUT2D eigenvalue weighted by atomic mass is 16.5. The van der Waals surface area contributed by atoms with Crippen LogP contribution in [-0.4, -0.2) is 6.10 Å². The molecule has 0 aromatic rings. The van der Waals surface area contributed by atoms with Crippen molar-refractivity contribution >= 4 is 0 Å². The summed E-state index contributed by atoms with van der Waals surface area (Å²) >= 11 is 0. The van der Waals surface area contributed by atoms with E-state index in [0.717, 1.165) is 6.42 Å². The van der Waals surface area contributed by atoms with Gasteiger partial charge in [0, 0.05) is 12.3 Å². The van der Waals surface area contributed by atoms with Gasteiger partial charge in [0.1, 0.15) is 6.10 Å². The van der Waals surface area contributed by atoms with E-state index in [9.17, 15) is 0 Å². The van der Waals surface area contributed by atoms with Crippen LogP contribution >= 0.6 is 0 Å². The molecule has 1 aliphatic heterocycles. The van der Waals surface area contributed by atoms with Crippen molar-refractivity contribution in [3.05, 3.63) is 24.0 Å². The first kappa shape index (κ1) is 6.96. The molecule has 11 heavy (non-hydrogen) atoms. The fourth-order valence-corrected chi connectivity index (χ4v) is 1.84. The van der Waals surface area contributed by atoms with E-state index in [0.29, 0.717) is 12.0 Å². The molecule has 1 heteroatoms. The molecule has 1 heterocycles. The van der Waals surface area contributed by atoms with Crippen molar-refractivity contribution in [2.75, 3.05) is 0 Å². The summed E-state index contributed by atoms with van der Waals surface area (Å²) in [6.07, 6.45) is 10.4. The van der Waals surface area contributed by atoms with Crippen LogP contribution in [-0.2, 0) is 4.74 Å². The van der Waals surface area contributed by atoms with E-state index in [2.05, 4.69) is 19.1 Å². The van der Waals surface area contributed by atoms with Crippen LogP contribution in [0.4, 0.5) is 0 Å². The first-order chi connectivity index (χ1) is 5.40. The van der Waals surface area contributed by atoms with E-state index in [1.54, 1.807) is 5.57 Å². The summed E-state index contributed by atoms with van der Waals surface area (Å²) in [5, 5.41) is 0. The molecule has 60 valence electrons. The third-order valence-corrected chi connectivity index (χ3v) is 2.65. The molecule has 0 amide bonds. The minimum absolute atomic E-state index is 0.468. The van der Waals surface area contributed by atoms with Gasteiger partial charge in [-0.25, -0.2) is 0 Å². The van der Waals surface area contributed by atoms with Gasteiger partial charge >= 0.3 is 0 Å².